The first kappa shape index (κ1) is 20.9. The van der Waals surface area contributed by atoms with Gasteiger partial charge < -0.3 is 15.4 Å². The molecule has 2 heterocycles. The van der Waals surface area contributed by atoms with Crippen LogP contribution in [0, 0.1) is 11.6 Å². The van der Waals surface area contributed by atoms with Gasteiger partial charge in [-0.2, -0.15) is 0 Å². The number of benzene rings is 3. The molecule has 164 valence electrons. The van der Waals surface area contributed by atoms with Gasteiger partial charge in [-0.3, -0.25) is 0 Å². The van der Waals surface area contributed by atoms with Crippen molar-refractivity contribution in [2.45, 2.75) is 44.4 Å². The zero-order valence-corrected chi connectivity index (χ0v) is 17.7. The van der Waals surface area contributed by atoms with Gasteiger partial charge in [0.25, 0.3) is 0 Å². The molecule has 1 aliphatic heterocycles. The lowest BCUT2D eigenvalue weighted by Gasteiger charge is -2.25. The van der Waals surface area contributed by atoms with Gasteiger partial charge in [-0.1, -0.05) is 48.5 Å². The summed E-state index contributed by atoms with van der Waals surface area (Å²) in [5, 5.41) is 14.9. The van der Waals surface area contributed by atoms with Crippen LogP contribution in [0.15, 0.2) is 66.7 Å². The minimum atomic E-state index is -0.448. The predicted molar refractivity (Wildman–Crippen MR) is 123 cm³/mol. The number of fused-ring (bicyclic) bond motifs is 3. The minimum Gasteiger partial charge on any atom is -0.388 e. The molecule has 0 fully saturated rings. The van der Waals surface area contributed by atoms with E-state index in [1.807, 2.05) is 30.3 Å². The molecular weight excluding hydrogens is 406 g/mol. The standard InChI is InChI=1S/C27H26F2N2O/c28-19-11-9-17(10-12-19)21-13-14-23(29)27-26(21)22-16-30-20(15-24(22)31-27)7-4-8-25(32)18-5-2-1-3-6-18/h1-3,5-6,9-14,20,25,30-32H,4,7-8,15-16H2. The number of aromatic nitrogens is 1. The maximum Gasteiger partial charge on any atom is 0.147 e. The maximum atomic E-state index is 14.6. The molecule has 0 saturated heterocycles. The van der Waals surface area contributed by atoms with E-state index in [4.69, 9.17) is 0 Å². The fourth-order valence-corrected chi connectivity index (χ4v) is 4.80. The predicted octanol–water partition coefficient (Wildman–Crippen LogP) is 6.03. The van der Waals surface area contributed by atoms with Crippen molar-refractivity contribution in [1.82, 2.24) is 10.3 Å². The number of H-pyrrole nitrogens is 1. The summed E-state index contributed by atoms with van der Waals surface area (Å²) >= 11 is 0. The first-order chi connectivity index (χ1) is 15.6. The number of aliphatic hydroxyl groups excluding tert-OH is 1. The number of halogens is 2. The second-order valence-corrected chi connectivity index (χ2v) is 8.57. The molecule has 1 aliphatic rings. The average Bonchev–Trinajstić information content (AvgIpc) is 3.20. The first-order valence-electron chi connectivity index (χ1n) is 11.1. The molecule has 3 N–H and O–H groups in total. The fraction of sp³-hybridized carbons (Fsp3) is 0.259. The van der Waals surface area contributed by atoms with Gasteiger partial charge in [0, 0.05) is 30.1 Å². The zero-order chi connectivity index (χ0) is 22.1. The summed E-state index contributed by atoms with van der Waals surface area (Å²) in [6.45, 7) is 0.652. The van der Waals surface area contributed by atoms with E-state index in [0.717, 1.165) is 52.6 Å². The summed E-state index contributed by atoms with van der Waals surface area (Å²) in [6.07, 6.45) is 2.89. The Labute approximate surface area is 186 Å². The summed E-state index contributed by atoms with van der Waals surface area (Å²) in [6, 6.07) is 19.6. The van der Waals surface area contributed by atoms with Gasteiger partial charge >= 0.3 is 0 Å². The van der Waals surface area contributed by atoms with Gasteiger partial charge in [0.05, 0.1) is 11.6 Å². The van der Waals surface area contributed by atoms with E-state index in [1.165, 1.54) is 18.2 Å². The van der Waals surface area contributed by atoms with Gasteiger partial charge in [-0.05, 0) is 59.7 Å². The largest absolute Gasteiger partial charge is 0.388 e. The molecule has 2 unspecified atom stereocenters. The van der Waals surface area contributed by atoms with Crippen LogP contribution in [0.3, 0.4) is 0 Å². The van der Waals surface area contributed by atoms with Crippen LogP contribution < -0.4 is 5.32 Å². The second-order valence-electron chi connectivity index (χ2n) is 8.57. The highest BCUT2D eigenvalue weighted by molar-refractivity contribution is 5.99. The lowest BCUT2D eigenvalue weighted by atomic mass is 9.93. The third-order valence-corrected chi connectivity index (χ3v) is 6.48. The molecule has 0 bridgehead atoms. The Kier molecular flexibility index (Phi) is 5.77. The molecule has 0 aliphatic carbocycles. The van der Waals surface area contributed by atoms with Gasteiger partial charge in [0.2, 0.25) is 0 Å². The number of nitrogens with one attached hydrogen (secondary N) is 2. The Morgan fingerprint density at radius 1 is 0.969 bits per heavy atom. The molecular formula is C27H26F2N2O. The molecule has 0 amide bonds. The van der Waals surface area contributed by atoms with E-state index >= 15 is 0 Å². The van der Waals surface area contributed by atoms with E-state index in [2.05, 4.69) is 10.3 Å². The van der Waals surface area contributed by atoms with E-state index in [1.54, 1.807) is 18.2 Å². The molecule has 5 rings (SSSR count). The van der Waals surface area contributed by atoms with E-state index in [0.29, 0.717) is 18.5 Å². The first-order valence-corrected chi connectivity index (χ1v) is 11.1. The highest BCUT2D eigenvalue weighted by atomic mass is 19.1. The van der Waals surface area contributed by atoms with Crippen LogP contribution in [0.1, 0.15) is 42.2 Å². The van der Waals surface area contributed by atoms with E-state index in [-0.39, 0.29) is 17.7 Å². The van der Waals surface area contributed by atoms with Gasteiger partial charge in [-0.25, -0.2) is 8.78 Å². The van der Waals surface area contributed by atoms with E-state index < -0.39 is 6.10 Å². The normalized spacial score (nSPS) is 16.8. The molecule has 2 atom stereocenters. The lowest BCUT2D eigenvalue weighted by Crippen LogP contribution is -2.35. The number of hydrogen-bond donors (Lipinski definition) is 3. The molecule has 0 radical (unpaired) electrons. The van der Waals surface area contributed by atoms with Crippen LogP contribution in [0.2, 0.25) is 0 Å². The molecule has 1 aromatic heterocycles. The molecule has 3 nitrogen and oxygen atoms in total. The SMILES string of the molecule is OC(CCCC1Cc2[nH]c3c(F)ccc(-c4ccc(F)cc4)c3c2CN1)c1ccccc1. The average molecular weight is 433 g/mol. The zero-order valence-electron chi connectivity index (χ0n) is 17.7. The third kappa shape index (κ3) is 4.06. The highest BCUT2D eigenvalue weighted by Gasteiger charge is 2.25. The van der Waals surface area contributed by atoms with Crippen molar-refractivity contribution in [3.05, 3.63) is 95.2 Å². The molecule has 4 aromatic rings. The Hall–Kier alpha value is -3.02. The van der Waals surface area contributed by atoms with Crippen molar-refractivity contribution in [2.75, 3.05) is 0 Å². The monoisotopic (exact) mass is 432 g/mol. The Morgan fingerprint density at radius 3 is 2.53 bits per heavy atom. The molecule has 32 heavy (non-hydrogen) atoms. The number of aliphatic hydroxyl groups is 1. The van der Waals surface area contributed by atoms with Crippen LogP contribution in [-0.2, 0) is 13.0 Å². The van der Waals surface area contributed by atoms with Crippen LogP contribution in [-0.4, -0.2) is 16.1 Å². The van der Waals surface area contributed by atoms with Gasteiger partial charge in [0.15, 0.2) is 0 Å². The van der Waals surface area contributed by atoms with Crippen molar-refractivity contribution in [1.29, 1.82) is 0 Å². The molecule has 0 spiro atoms. The lowest BCUT2D eigenvalue weighted by molar-refractivity contribution is 0.162. The molecule has 3 aromatic carbocycles. The van der Waals surface area contributed by atoms with Crippen LogP contribution in [0.5, 0.6) is 0 Å². The smallest absolute Gasteiger partial charge is 0.147 e. The Balaban J connectivity index is 1.33. The summed E-state index contributed by atoms with van der Waals surface area (Å²) < 4.78 is 28.0. The minimum absolute atomic E-state index is 0.274. The van der Waals surface area contributed by atoms with Crippen molar-refractivity contribution in [2.24, 2.45) is 0 Å². The fourth-order valence-electron chi connectivity index (χ4n) is 4.80. The molecule has 5 heteroatoms. The second kappa shape index (κ2) is 8.85. The highest BCUT2D eigenvalue weighted by Crippen LogP contribution is 2.36. The number of rotatable bonds is 6. The van der Waals surface area contributed by atoms with Gasteiger partial charge in [-0.15, -0.1) is 0 Å². The van der Waals surface area contributed by atoms with Gasteiger partial charge in [0.1, 0.15) is 11.6 Å². The van der Waals surface area contributed by atoms with E-state index in [9.17, 15) is 13.9 Å². The number of hydrogen-bond acceptors (Lipinski definition) is 2. The Morgan fingerprint density at radius 2 is 1.75 bits per heavy atom. The number of aromatic amines is 1. The summed E-state index contributed by atoms with van der Waals surface area (Å²) in [4.78, 5) is 3.32. The summed E-state index contributed by atoms with van der Waals surface area (Å²) in [7, 11) is 0. The topological polar surface area (TPSA) is 48.0 Å². The third-order valence-electron chi connectivity index (χ3n) is 6.48. The summed E-state index contributed by atoms with van der Waals surface area (Å²) in [5.74, 6) is -0.562. The van der Waals surface area contributed by atoms with Crippen molar-refractivity contribution < 1.29 is 13.9 Å². The van der Waals surface area contributed by atoms with Crippen molar-refractivity contribution in [3.63, 3.8) is 0 Å². The van der Waals surface area contributed by atoms with Crippen molar-refractivity contribution >= 4 is 10.9 Å². The van der Waals surface area contributed by atoms with Crippen LogP contribution >= 0.6 is 0 Å². The Bertz CT molecular complexity index is 1220. The quantitative estimate of drug-likeness (QED) is 0.348. The molecule has 0 saturated carbocycles. The van der Waals surface area contributed by atoms with Crippen LogP contribution in [0.25, 0.3) is 22.0 Å². The van der Waals surface area contributed by atoms with Crippen molar-refractivity contribution in [3.8, 4) is 11.1 Å². The van der Waals surface area contributed by atoms with Crippen LogP contribution in [0.4, 0.5) is 8.78 Å². The summed E-state index contributed by atoms with van der Waals surface area (Å²) in [5.41, 5.74) is 5.38. The maximum absolute atomic E-state index is 14.6.